The average Bonchev–Trinajstić information content (AvgIpc) is 3.19. The van der Waals surface area contributed by atoms with E-state index in [0.29, 0.717) is 22.3 Å². The maximum absolute atomic E-state index is 13.4. The number of non-ortho nitro benzene ring substituents is 1. The van der Waals surface area contributed by atoms with E-state index in [1.54, 1.807) is 55.5 Å². The minimum atomic E-state index is -3.92. The minimum absolute atomic E-state index is 0.112. The van der Waals surface area contributed by atoms with E-state index in [1.165, 1.54) is 28.2 Å². The van der Waals surface area contributed by atoms with Crippen molar-refractivity contribution < 1.29 is 22.1 Å². The molecule has 11 heteroatoms. The monoisotopic (exact) mass is 483 g/mol. The summed E-state index contributed by atoms with van der Waals surface area (Å²) in [5.74, 6) is -0.537. The first-order chi connectivity index (χ1) is 15.8. The molecule has 0 atom stereocenters. The van der Waals surface area contributed by atoms with E-state index in [9.17, 15) is 23.3 Å². The molecule has 4 rings (SSSR count). The van der Waals surface area contributed by atoms with Crippen LogP contribution in [-0.4, -0.2) is 30.0 Å². The number of aromatic nitrogens is 2. The van der Waals surface area contributed by atoms with Gasteiger partial charge in [0.1, 0.15) is 4.90 Å². The second-order valence-electron chi connectivity index (χ2n) is 7.12. The number of thioether (sulfide) groups is 1. The topological polar surface area (TPSA) is 126 Å². The molecule has 0 saturated heterocycles. The summed E-state index contributed by atoms with van der Waals surface area (Å²) >= 11 is 1.02. The number of carbonyl (C=O) groups excluding carboxylic acids is 1. The number of nitrogens with zero attached hydrogens (tertiary/aromatic N) is 2. The number of anilines is 1. The van der Waals surface area contributed by atoms with E-state index in [0.717, 1.165) is 11.8 Å². The molecule has 1 amide bonds. The quantitative estimate of drug-likeness (QED) is 0.179. The van der Waals surface area contributed by atoms with Gasteiger partial charge < -0.3 is 5.32 Å². The van der Waals surface area contributed by atoms with Crippen molar-refractivity contribution in [3.05, 3.63) is 88.5 Å². The van der Waals surface area contributed by atoms with Crippen molar-refractivity contribution >= 4 is 50.1 Å². The highest BCUT2D eigenvalue weighted by Crippen LogP contribution is 2.24. The molecule has 0 aliphatic rings. The fourth-order valence-corrected chi connectivity index (χ4v) is 5.83. The maximum Gasteiger partial charge on any atom is 0.336 e. The number of nitro benzene ring substituents is 1. The van der Waals surface area contributed by atoms with Crippen LogP contribution in [0.4, 0.5) is 11.4 Å². The normalized spacial score (nSPS) is 11.4. The number of imidazole rings is 1. The van der Waals surface area contributed by atoms with Gasteiger partial charge in [-0.2, -0.15) is 8.42 Å². The summed E-state index contributed by atoms with van der Waals surface area (Å²) in [6, 6.07) is 19.2. The SMILES string of the molecule is Cc1ccc([N+](=O)[O-])cc1NC(=O)CSc1[nH]c2ccccc2[n+]1S(=O)(=O)c1ccccc1. The minimum Gasteiger partial charge on any atom is -0.325 e. The van der Waals surface area contributed by atoms with Crippen LogP contribution < -0.4 is 9.29 Å². The Kier molecular flexibility index (Phi) is 6.16. The molecule has 0 spiro atoms. The van der Waals surface area contributed by atoms with E-state index in [2.05, 4.69) is 10.3 Å². The Hall–Kier alpha value is -3.70. The average molecular weight is 484 g/mol. The molecule has 0 radical (unpaired) electrons. The number of nitro groups is 1. The van der Waals surface area contributed by atoms with Gasteiger partial charge >= 0.3 is 15.2 Å². The van der Waals surface area contributed by atoms with Gasteiger partial charge in [-0.25, -0.2) is 4.98 Å². The Morgan fingerprint density at radius 1 is 1.09 bits per heavy atom. The lowest BCUT2D eigenvalue weighted by Crippen LogP contribution is -2.44. The third-order valence-electron chi connectivity index (χ3n) is 4.88. The summed E-state index contributed by atoms with van der Waals surface area (Å²) in [6.45, 7) is 1.73. The lowest BCUT2D eigenvalue weighted by molar-refractivity contribution is -0.526. The molecule has 9 nitrogen and oxygen atoms in total. The number of fused-ring (bicyclic) bond motifs is 1. The van der Waals surface area contributed by atoms with E-state index in [4.69, 9.17) is 0 Å². The molecule has 33 heavy (non-hydrogen) atoms. The largest absolute Gasteiger partial charge is 0.336 e. The molecule has 0 bridgehead atoms. The summed E-state index contributed by atoms with van der Waals surface area (Å²) in [5, 5.41) is 14.0. The first-order valence-corrected chi connectivity index (χ1v) is 12.2. The van der Waals surface area contributed by atoms with E-state index >= 15 is 0 Å². The molecule has 1 aromatic heterocycles. The van der Waals surface area contributed by atoms with Gasteiger partial charge in [-0.15, -0.1) is 3.97 Å². The number of para-hydroxylation sites is 2. The van der Waals surface area contributed by atoms with Gasteiger partial charge in [0, 0.05) is 12.1 Å². The molecule has 0 fully saturated rings. The molecule has 0 saturated carbocycles. The van der Waals surface area contributed by atoms with Gasteiger partial charge in [0.15, 0.2) is 11.0 Å². The van der Waals surface area contributed by atoms with Crippen LogP contribution in [0, 0.1) is 17.0 Å². The first-order valence-electron chi connectivity index (χ1n) is 9.78. The second kappa shape index (κ2) is 9.04. The van der Waals surface area contributed by atoms with E-state index < -0.39 is 20.9 Å². The zero-order valence-electron chi connectivity index (χ0n) is 17.4. The molecular weight excluding hydrogens is 464 g/mol. The summed E-state index contributed by atoms with van der Waals surface area (Å²) < 4.78 is 27.9. The molecule has 4 aromatic rings. The smallest absolute Gasteiger partial charge is 0.325 e. The number of H-pyrrole nitrogens is 1. The zero-order chi connectivity index (χ0) is 23.6. The standard InChI is InChI=1S/C22H18N4O5S2/c1-15-11-12-16(26(28)29)13-19(15)23-21(27)14-32-22-24-18-9-5-6-10-20(18)25(22)33(30,31)17-7-3-2-4-8-17/h2-13H,14H2,1H3,(H,23,27)/p+1. The van der Waals surface area contributed by atoms with Crippen molar-refractivity contribution in [3.8, 4) is 0 Å². The first kappa shape index (κ1) is 22.5. The van der Waals surface area contributed by atoms with Crippen molar-refractivity contribution in [3.63, 3.8) is 0 Å². The van der Waals surface area contributed by atoms with Crippen molar-refractivity contribution in [2.75, 3.05) is 11.1 Å². The number of nitrogens with one attached hydrogen (secondary N) is 2. The van der Waals surface area contributed by atoms with Gasteiger partial charge in [-0.1, -0.05) is 36.4 Å². The van der Waals surface area contributed by atoms with Crippen LogP contribution in [0.5, 0.6) is 0 Å². The number of hydrogen-bond donors (Lipinski definition) is 2. The van der Waals surface area contributed by atoms with Crippen LogP contribution in [-0.2, 0) is 14.8 Å². The number of aryl methyl sites for hydroxylation is 1. The fraction of sp³-hybridized carbons (Fsp3) is 0.0909. The lowest BCUT2D eigenvalue weighted by atomic mass is 10.2. The molecule has 0 unspecified atom stereocenters. The summed E-state index contributed by atoms with van der Waals surface area (Å²) in [5.41, 5.74) is 1.93. The highest BCUT2D eigenvalue weighted by atomic mass is 32.2. The predicted octanol–water partition coefficient (Wildman–Crippen LogP) is 3.64. The Labute approximate surface area is 193 Å². The third kappa shape index (κ3) is 4.59. The second-order valence-corrected chi connectivity index (χ2v) is 9.87. The molecule has 3 aromatic carbocycles. The number of carbonyl (C=O) groups is 1. The molecule has 1 heterocycles. The predicted molar refractivity (Wildman–Crippen MR) is 125 cm³/mol. The van der Waals surface area contributed by atoms with Gasteiger partial charge in [0.05, 0.1) is 16.4 Å². The molecule has 0 aliphatic carbocycles. The van der Waals surface area contributed by atoms with Crippen LogP contribution in [0.2, 0.25) is 0 Å². The van der Waals surface area contributed by atoms with Crippen molar-refractivity contribution in [1.82, 2.24) is 4.98 Å². The van der Waals surface area contributed by atoms with Crippen molar-refractivity contribution in [2.45, 2.75) is 17.0 Å². The van der Waals surface area contributed by atoms with E-state index in [-0.39, 0.29) is 21.5 Å². The Morgan fingerprint density at radius 2 is 1.79 bits per heavy atom. The number of rotatable bonds is 7. The molecule has 168 valence electrons. The Balaban J connectivity index is 1.63. The number of hydrogen-bond acceptors (Lipinski definition) is 6. The van der Waals surface area contributed by atoms with Crippen LogP contribution in [0.3, 0.4) is 0 Å². The zero-order valence-corrected chi connectivity index (χ0v) is 19.0. The van der Waals surface area contributed by atoms with Crippen molar-refractivity contribution in [1.29, 1.82) is 0 Å². The Bertz CT molecular complexity index is 1470. The molecule has 2 N–H and O–H groups in total. The van der Waals surface area contributed by atoms with Gasteiger partial charge in [-0.05, 0) is 48.5 Å². The number of benzene rings is 3. The number of amides is 1. The summed E-state index contributed by atoms with van der Waals surface area (Å²) in [6.07, 6.45) is 0. The molecular formula is C22H19N4O5S2+. The maximum atomic E-state index is 13.4. The summed E-state index contributed by atoms with van der Waals surface area (Å²) in [7, 11) is -3.92. The van der Waals surface area contributed by atoms with Gasteiger partial charge in [0.2, 0.25) is 5.91 Å². The van der Waals surface area contributed by atoms with E-state index in [1.807, 2.05) is 0 Å². The van der Waals surface area contributed by atoms with Crippen molar-refractivity contribution in [2.24, 2.45) is 0 Å². The molecule has 0 aliphatic heterocycles. The number of aromatic amines is 1. The van der Waals surface area contributed by atoms with Crippen LogP contribution in [0.15, 0.2) is 82.8 Å². The van der Waals surface area contributed by atoms with Crippen LogP contribution >= 0.6 is 11.8 Å². The lowest BCUT2D eigenvalue weighted by Gasteiger charge is -2.08. The highest BCUT2D eigenvalue weighted by Gasteiger charge is 2.32. The van der Waals surface area contributed by atoms with Gasteiger partial charge in [-0.3, -0.25) is 14.9 Å². The fourth-order valence-electron chi connectivity index (χ4n) is 3.24. The highest BCUT2D eigenvalue weighted by molar-refractivity contribution is 8.00. The van der Waals surface area contributed by atoms with Crippen LogP contribution in [0.1, 0.15) is 5.56 Å². The third-order valence-corrected chi connectivity index (χ3v) is 7.68. The van der Waals surface area contributed by atoms with Gasteiger partial charge in [0.25, 0.3) is 5.69 Å². The summed E-state index contributed by atoms with van der Waals surface area (Å²) in [4.78, 5) is 26.3. The van der Waals surface area contributed by atoms with Crippen LogP contribution in [0.25, 0.3) is 11.0 Å². The Morgan fingerprint density at radius 3 is 2.52 bits per heavy atom.